The summed E-state index contributed by atoms with van der Waals surface area (Å²) in [4.78, 5) is 15.4. The summed E-state index contributed by atoms with van der Waals surface area (Å²) in [6, 6.07) is 3.66. The zero-order valence-corrected chi connectivity index (χ0v) is 12.0. The smallest absolute Gasteiger partial charge is 0.186 e. The van der Waals surface area contributed by atoms with Crippen LogP contribution in [0, 0.1) is 11.8 Å². The third-order valence-electron chi connectivity index (χ3n) is 3.64. The van der Waals surface area contributed by atoms with E-state index in [2.05, 4.69) is 4.90 Å². The largest absolute Gasteiger partial charge is 0.295 e. The van der Waals surface area contributed by atoms with Crippen molar-refractivity contribution in [2.24, 2.45) is 11.8 Å². The Morgan fingerprint density at radius 2 is 1.83 bits per heavy atom. The van der Waals surface area contributed by atoms with Crippen LogP contribution in [-0.4, -0.2) is 30.3 Å². The molecule has 2 aliphatic rings. The van der Waals surface area contributed by atoms with Gasteiger partial charge in [0.25, 0.3) is 0 Å². The lowest BCUT2D eigenvalue weighted by molar-refractivity contribution is 0.0928. The number of carbonyl (C=O) groups excluding carboxylic acids is 1. The lowest BCUT2D eigenvalue weighted by Crippen LogP contribution is -2.33. The molecule has 0 unspecified atom stereocenters. The lowest BCUT2D eigenvalue weighted by atomic mass is 10.2. The fourth-order valence-electron chi connectivity index (χ4n) is 2.28. The fourth-order valence-corrected chi connectivity index (χ4v) is 3.25. The number of carbonyl (C=O) groups is 1. The van der Waals surface area contributed by atoms with Crippen molar-refractivity contribution < 1.29 is 4.79 Å². The summed E-state index contributed by atoms with van der Waals surface area (Å²) < 4.78 is 0.703. The molecule has 0 atom stereocenters. The average molecular weight is 284 g/mol. The molecule has 18 heavy (non-hydrogen) atoms. The van der Waals surface area contributed by atoms with Crippen molar-refractivity contribution in [3.63, 3.8) is 0 Å². The van der Waals surface area contributed by atoms with E-state index in [9.17, 15) is 4.79 Å². The summed E-state index contributed by atoms with van der Waals surface area (Å²) in [6.45, 7) is 2.80. The van der Waals surface area contributed by atoms with Gasteiger partial charge in [0, 0.05) is 13.1 Å². The summed E-state index contributed by atoms with van der Waals surface area (Å²) in [7, 11) is 0. The number of rotatable bonds is 7. The molecule has 1 aromatic heterocycles. The van der Waals surface area contributed by atoms with E-state index in [1.54, 1.807) is 0 Å². The Morgan fingerprint density at radius 1 is 1.22 bits per heavy atom. The molecule has 0 radical (unpaired) electrons. The molecule has 3 rings (SSSR count). The number of hydrogen-bond acceptors (Lipinski definition) is 3. The van der Waals surface area contributed by atoms with Gasteiger partial charge in [-0.05, 0) is 49.7 Å². The summed E-state index contributed by atoms with van der Waals surface area (Å²) in [5, 5.41) is 0. The Hall–Kier alpha value is -0.380. The minimum Gasteiger partial charge on any atom is -0.295 e. The van der Waals surface area contributed by atoms with Gasteiger partial charge in [-0.15, -0.1) is 11.3 Å². The first-order chi connectivity index (χ1) is 8.70. The van der Waals surface area contributed by atoms with Gasteiger partial charge < -0.3 is 0 Å². The van der Waals surface area contributed by atoms with Crippen LogP contribution in [0.1, 0.15) is 35.4 Å². The number of ketones is 1. The van der Waals surface area contributed by atoms with Crippen LogP contribution in [0.3, 0.4) is 0 Å². The van der Waals surface area contributed by atoms with Crippen molar-refractivity contribution in [2.45, 2.75) is 25.7 Å². The van der Waals surface area contributed by atoms with Crippen LogP contribution in [0.2, 0.25) is 4.34 Å². The Labute approximate surface area is 117 Å². The molecule has 0 N–H and O–H groups in total. The van der Waals surface area contributed by atoms with E-state index in [1.165, 1.54) is 37.0 Å². The quantitative estimate of drug-likeness (QED) is 0.711. The molecule has 0 saturated heterocycles. The lowest BCUT2D eigenvalue weighted by Gasteiger charge is -2.20. The summed E-state index contributed by atoms with van der Waals surface area (Å²) in [6.07, 6.45) is 5.39. The van der Waals surface area contributed by atoms with Crippen LogP contribution in [0.5, 0.6) is 0 Å². The molecule has 1 aromatic rings. The Kier molecular flexibility index (Phi) is 3.73. The second kappa shape index (κ2) is 5.32. The zero-order valence-electron chi connectivity index (χ0n) is 10.4. The van der Waals surface area contributed by atoms with E-state index in [-0.39, 0.29) is 5.78 Å². The molecule has 2 fully saturated rings. The van der Waals surface area contributed by atoms with E-state index in [4.69, 9.17) is 11.6 Å². The highest BCUT2D eigenvalue weighted by molar-refractivity contribution is 7.18. The Bertz CT molecular complexity index is 423. The maximum Gasteiger partial charge on any atom is 0.186 e. The average Bonchev–Trinajstić information content (AvgIpc) is 3.23. The van der Waals surface area contributed by atoms with Gasteiger partial charge >= 0.3 is 0 Å². The first-order valence-corrected chi connectivity index (χ1v) is 7.91. The van der Waals surface area contributed by atoms with Crippen LogP contribution in [0.15, 0.2) is 12.1 Å². The minimum absolute atomic E-state index is 0.230. The number of nitrogens with zero attached hydrogens (tertiary/aromatic N) is 1. The summed E-state index contributed by atoms with van der Waals surface area (Å²) >= 11 is 7.28. The highest BCUT2D eigenvalue weighted by Crippen LogP contribution is 2.34. The number of Topliss-reactive ketones (excluding diaryl/α,β-unsaturated/α-hetero) is 1. The van der Waals surface area contributed by atoms with E-state index >= 15 is 0 Å². The van der Waals surface area contributed by atoms with Gasteiger partial charge in [0.2, 0.25) is 0 Å². The molecule has 4 heteroatoms. The van der Waals surface area contributed by atoms with Crippen molar-refractivity contribution in [3.8, 4) is 0 Å². The number of thiophene rings is 1. The highest BCUT2D eigenvalue weighted by atomic mass is 35.5. The fraction of sp³-hybridized carbons (Fsp3) is 0.643. The molecule has 0 spiro atoms. The topological polar surface area (TPSA) is 20.3 Å². The molecule has 2 saturated carbocycles. The van der Waals surface area contributed by atoms with E-state index in [1.807, 2.05) is 12.1 Å². The van der Waals surface area contributed by atoms with Crippen molar-refractivity contribution in [2.75, 3.05) is 19.6 Å². The van der Waals surface area contributed by atoms with Gasteiger partial charge in [-0.2, -0.15) is 0 Å². The monoisotopic (exact) mass is 283 g/mol. The van der Waals surface area contributed by atoms with E-state index in [0.717, 1.165) is 29.8 Å². The van der Waals surface area contributed by atoms with Crippen LogP contribution < -0.4 is 0 Å². The maximum absolute atomic E-state index is 12.2. The second-order valence-electron chi connectivity index (χ2n) is 5.61. The van der Waals surface area contributed by atoms with Crippen LogP contribution >= 0.6 is 22.9 Å². The van der Waals surface area contributed by atoms with E-state index in [0.29, 0.717) is 10.9 Å². The molecule has 0 aliphatic heterocycles. The summed E-state index contributed by atoms with van der Waals surface area (Å²) in [5.74, 6) is 1.93. The predicted octanol–water partition coefficient (Wildman–Crippen LogP) is 3.71. The summed E-state index contributed by atoms with van der Waals surface area (Å²) in [5.41, 5.74) is 0. The van der Waals surface area contributed by atoms with Crippen LogP contribution in [0.25, 0.3) is 0 Å². The molecule has 2 aliphatic carbocycles. The van der Waals surface area contributed by atoms with Gasteiger partial charge in [-0.1, -0.05) is 11.6 Å². The third kappa shape index (κ3) is 3.56. The SMILES string of the molecule is O=C(CN(CC1CC1)CC1CC1)c1ccc(Cl)s1. The van der Waals surface area contributed by atoms with Gasteiger partial charge in [0.05, 0.1) is 15.8 Å². The second-order valence-corrected chi connectivity index (χ2v) is 7.32. The standard InChI is InChI=1S/C14H18ClNOS/c15-14-6-5-13(18-14)12(17)9-16(7-10-1-2-10)8-11-3-4-11/h5-6,10-11H,1-4,7-9H2. The van der Waals surface area contributed by atoms with Gasteiger partial charge in [-0.3, -0.25) is 9.69 Å². The molecule has 1 heterocycles. The molecule has 0 aromatic carbocycles. The number of halogens is 1. The van der Waals surface area contributed by atoms with Crippen LogP contribution in [0.4, 0.5) is 0 Å². The van der Waals surface area contributed by atoms with Gasteiger partial charge in [0.1, 0.15) is 0 Å². The minimum atomic E-state index is 0.230. The molecular formula is C14H18ClNOS. The van der Waals surface area contributed by atoms with Gasteiger partial charge in [0.15, 0.2) is 5.78 Å². The highest BCUT2D eigenvalue weighted by Gasteiger charge is 2.30. The van der Waals surface area contributed by atoms with E-state index < -0.39 is 0 Å². The Morgan fingerprint density at radius 3 is 2.28 bits per heavy atom. The maximum atomic E-state index is 12.2. The van der Waals surface area contributed by atoms with Crippen LogP contribution in [-0.2, 0) is 0 Å². The Balaban J connectivity index is 1.57. The first-order valence-electron chi connectivity index (χ1n) is 6.71. The van der Waals surface area contributed by atoms with Crippen molar-refractivity contribution in [1.29, 1.82) is 0 Å². The number of hydrogen-bond donors (Lipinski definition) is 0. The van der Waals surface area contributed by atoms with Crippen molar-refractivity contribution in [3.05, 3.63) is 21.3 Å². The molecular weight excluding hydrogens is 266 g/mol. The molecule has 2 nitrogen and oxygen atoms in total. The molecule has 0 bridgehead atoms. The third-order valence-corrected chi connectivity index (χ3v) is 4.91. The van der Waals surface area contributed by atoms with Crippen molar-refractivity contribution >= 4 is 28.7 Å². The molecule has 98 valence electrons. The first kappa shape index (κ1) is 12.6. The van der Waals surface area contributed by atoms with Gasteiger partial charge in [-0.25, -0.2) is 0 Å². The zero-order chi connectivity index (χ0) is 12.5. The predicted molar refractivity (Wildman–Crippen MR) is 75.5 cm³/mol. The molecule has 0 amide bonds. The van der Waals surface area contributed by atoms with Crippen molar-refractivity contribution in [1.82, 2.24) is 4.90 Å². The normalized spacial score (nSPS) is 19.4.